The van der Waals surface area contributed by atoms with Gasteiger partial charge in [0, 0.05) is 16.8 Å². The third-order valence-corrected chi connectivity index (χ3v) is 3.79. The summed E-state index contributed by atoms with van der Waals surface area (Å²) >= 11 is 1.64. The molecule has 0 bridgehead atoms. The van der Waals surface area contributed by atoms with Crippen molar-refractivity contribution in [3.05, 3.63) is 40.3 Å². The molecule has 23 heavy (non-hydrogen) atoms. The Labute approximate surface area is 141 Å². The lowest BCUT2D eigenvalue weighted by atomic mass is 10.2. The van der Waals surface area contributed by atoms with E-state index < -0.39 is 11.7 Å². The van der Waals surface area contributed by atoms with Crippen LogP contribution >= 0.6 is 11.3 Å². The SMILES string of the molecule is Cc1nc(C(C)Nc2ccc(NC(=O)OC(C)(C)C)cc2)cs1. The van der Waals surface area contributed by atoms with Gasteiger partial charge in [0.25, 0.3) is 0 Å². The lowest BCUT2D eigenvalue weighted by molar-refractivity contribution is 0.0636. The van der Waals surface area contributed by atoms with Gasteiger partial charge in [0.1, 0.15) is 5.60 Å². The van der Waals surface area contributed by atoms with Crippen molar-refractivity contribution in [3.8, 4) is 0 Å². The number of hydrogen-bond acceptors (Lipinski definition) is 5. The minimum Gasteiger partial charge on any atom is -0.444 e. The van der Waals surface area contributed by atoms with Crippen molar-refractivity contribution in [1.82, 2.24) is 4.98 Å². The smallest absolute Gasteiger partial charge is 0.412 e. The summed E-state index contributed by atoms with van der Waals surface area (Å²) in [7, 11) is 0. The second-order valence-electron chi connectivity index (χ2n) is 6.36. The molecule has 6 heteroatoms. The Morgan fingerprint density at radius 3 is 2.35 bits per heavy atom. The minimum atomic E-state index is -0.507. The molecular formula is C17H23N3O2S. The van der Waals surface area contributed by atoms with E-state index in [1.54, 1.807) is 11.3 Å². The fraction of sp³-hybridized carbons (Fsp3) is 0.412. The maximum Gasteiger partial charge on any atom is 0.412 e. The topological polar surface area (TPSA) is 63.2 Å². The average molecular weight is 333 g/mol. The molecule has 0 aliphatic carbocycles. The Balaban J connectivity index is 1.93. The van der Waals surface area contributed by atoms with Crippen LogP contribution in [0.4, 0.5) is 16.2 Å². The summed E-state index contributed by atoms with van der Waals surface area (Å²) in [5, 5.41) is 9.23. The van der Waals surface area contributed by atoms with E-state index in [-0.39, 0.29) is 6.04 Å². The highest BCUT2D eigenvalue weighted by atomic mass is 32.1. The normalized spacial score (nSPS) is 12.6. The van der Waals surface area contributed by atoms with Crippen molar-refractivity contribution in [2.45, 2.75) is 46.3 Å². The Hall–Kier alpha value is -2.08. The largest absolute Gasteiger partial charge is 0.444 e. The molecule has 0 radical (unpaired) electrons. The Bertz CT molecular complexity index is 659. The van der Waals surface area contributed by atoms with Gasteiger partial charge < -0.3 is 10.1 Å². The highest BCUT2D eigenvalue weighted by Gasteiger charge is 2.16. The molecule has 1 amide bonds. The van der Waals surface area contributed by atoms with Crippen LogP contribution in [0.25, 0.3) is 0 Å². The standard InChI is InChI=1S/C17H23N3O2S/c1-11(15-10-23-12(2)19-15)18-13-6-8-14(9-7-13)20-16(21)22-17(3,4)5/h6-11,18H,1-5H3,(H,20,21). The summed E-state index contributed by atoms with van der Waals surface area (Å²) in [5.41, 5.74) is 2.19. The fourth-order valence-corrected chi connectivity index (χ4v) is 2.68. The molecule has 0 aliphatic heterocycles. The van der Waals surface area contributed by atoms with Gasteiger partial charge in [-0.3, -0.25) is 5.32 Å². The number of hydrogen-bond donors (Lipinski definition) is 2. The monoisotopic (exact) mass is 333 g/mol. The molecule has 1 atom stereocenters. The van der Waals surface area contributed by atoms with Gasteiger partial charge in [0.15, 0.2) is 0 Å². The van der Waals surface area contributed by atoms with Crippen LogP contribution in [0.1, 0.15) is 44.4 Å². The average Bonchev–Trinajstić information content (AvgIpc) is 2.85. The first-order valence-electron chi connectivity index (χ1n) is 7.51. The van der Waals surface area contributed by atoms with Crippen LogP contribution in [0, 0.1) is 6.92 Å². The van der Waals surface area contributed by atoms with Crippen LogP contribution in [0.15, 0.2) is 29.6 Å². The van der Waals surface area contributed by atoms with Crippen molar-refractivity contribution in [2.24, 2.45) is 0 Å². The first kappa shape index (κ1) is 17.3. The number of nitrogens with one attached hydrogen (secondary N) is 2. The van der Waals surface area contributed by atoms with Crippen LogP contribution in [0.5, 0.6) is 0 Å². The maximum absolute atomic E-state index is 11.7. The number of carbonyl (C=O) groups excluding carboxylic acids is 1. The Kier molecular flexibility index (Phi) is 5.26. The van der Waals surface area contributed by atoms with Crippen molar-refractivity contribution in [1.29, 1.82) is 0 Å². The minimum absolute atomic E-state index is 0.129. The number of rotatable bonds is 4. The molecule has 2 N–H and O–H groups in total. The van der Waals surface area contributed by atoms with E-state index in [0.717, 1.165) is 16.4 Å². The predicted molar refractivity (Wildman–Crippen MR) is 95.2 cm³/mol. The lowest BCUT2D eigenvalue weighted by Gasteiger charge is -2.20. The molecule has 1 unspecified atom stereocenters. The van der Waals surface area contributed by atoms with Gasteiger partial charge in [-0.05, 0) is 58.9 Å². The number of benzene rings is 1. The maximum atomic E-state index is 11.7. The van der Waals surface area contributed by atoms with E-state index in [1.165, 1.54) is 0 Å². The van der Waals surface area contributed by atoms with E-state index in [4.69, 9.17) is 4.74 Å². The van der Waals surface area contributed by atoms with Gasteiger partial charge >= 0.3 is 6.09 Å². The third kappa shape index (κ3) is 5.56. The Morgan fingerprint density at radius 1 is 1.22 bits per heavy atom. The lowest BCUT2D eigenvalue weighted by Crippen LogP contribution is -2.27. The molecule has 2 aromatic rings. The third-order valence-electron chi connectivity index (χ3n) is 2.99. The number of carbonyl (C=O) groups is 1. The molecule has 5 nitrogen and oxygen atoms in total. The van der Waals surface area contributed by atoms with Crippen molar-refractivity contribution >= 4 is 28.8 Å². The molecular weight excluding hydrogens is 310 g/mol. The Morgan fingerprint density at radius 2 is 1.83 bits per heavy atom. The molecule has 0 saturated carbocycles. The van der Waals surface area contributed by atoms with Gasteiger partial charge in [-0.1, -0.05) is 0 Å². The molecule has 124 valence electrons. The molecule has 0 aliphatic rings. The first-order chi connectivity index (χ1) is 10.7. The molecule has 0 saturated heterocycles. The highest BCUT2D eigenvalue weighted by molar-refractivity contribution is 7.09. The van der Waals surface area contributed by atoms with E-state index in [9.17, 15) is 4.79 Å². The second kappa shape index (κ2) is 7.00. The number of aromatic nitrogens is 1. The van der Waals surface area contributed by atoms with Gasteiger partial charge in [-0.15, -0.1) is 11.3 Å². The summed E-state index contributed by atoms with van der Waals surface area (Å²) in [4.78, 5) is 16.2. The number of anilines is 2. The summed E-state index contributed by atoms with van der Waals surface area (Å²) in [6.07, 6.45) is -0.454. The number of thiazole rings is 1. The molecule has 2 rings (SSSR count). The number of aryl methyl sites for hydroxylation is 1. The van der Waals surface area contributed by atoms with Gasteiger partial charge in [-0.2, -0.15) is 0 Å². The van der Waals surface area contributed by atoms with E-state index in [2.05, 4.69) is 27.9 Å². The van der Waals surface area contributed by atoms with Crippen LogP contribution in [-0.2, 0) is 4.74 Å². The van der Waals surface area contributed by atoms with Gasteiger partial charge in [0.05, 0.1) is 16.7 Å². The van der Waals surface area contributed by atoms with Crippen LogP contribution in [-0.4, -0.2) is 16.7 Å². The summed E-state index contributed by atoms with van der Waals surface area (Å²) in [5.74, 6) is 0. The van der Waals surface area contributed by atoms with Crippen LogP contribution < -0.4 is 10.6 Å². The van der Waals surface area contributed by atoms with Crippen molar-refractivity contribution < 1.29 is 9.53 Å². The summed E-state index contributed by atoms with van der Waals surface area (Å²) in [6.45, 7) is 9.57. The van der Waals surface area contributed by atoms with Crippen molar-refractivity contribution in [2.75, 3.05) is 10.6 Å². The quantitative estimate of drug-likeness (QED) is 0.829. The molecule has 1 heterocycles. The van der Waals surface area contributed by atoms with E-state index in [1.807, 2.05) is 52.0 Å². The zero-order chi connectivity index (χ0) is 17.0. The zero-order valence-electron chi connectivity index (χ0n) is 14.1. The van der Waals surface area contributed by atoms with E-state index >= 15 is 0 Å². The number of nitrogens with zero attached hydrogens (tertiary/aromatic N) is 1. The number of ether oxygens (including phenoxy) is 1. The molecule has 1 aromatic carbocycles. The fourth-order valence-electron chi connectivity index (χ4n) is 1.97. The van der Waals surface area contributed by atoms with Crippen LogP contribution in [0.3, 0.4) is 0 Å². The predicted octanol–water partition coefficient (Wildman–Crippen LogP) is 4.97. The molecule has 0 fully saturated rings. The summed E-state index contributed by atoms with van der Waals surface area (Å²) in [6, 6.07) is 7.64. The van der Waals surface area contributed by atoms with Gasteiger partial charge in [-0.25, -0.2) is 9.78 Å². The van der Waals surface area contributed by atoms with Gasteiger partial charge in [0.2, 0.25) is 0 Å². The second-order valence-corrected chi connectivity index (χ2v) is 7.42. The first-order valence-corrected chi connectivity index (χ1v) is 8.39. The molecule has 1 aromatic heterocycles. The molecule has 0 spiro atoms. The summed E-state index contributed by atoms with van der Waals surface area (Å²) < 4.78 is 5.22. The van der Waals surface area contributed by atoms with Crippen molar-refractivity contribution in [3.63, 3.8) is 0 Å². The van der Waals surface area contributed by atoms with Crippen LogP contribution in [0.2, 0.25) is 0 Å². The zero-order valence-corrected chi connectivity index (χ0v) is 15.0. The number of amides is 1. The van der Waals surface area contributed by atoms with E-state index in [0.29, 0.717) is 5.69 Å². The highest BCUT2D eigenvalue weighted by Crippen LogP contribution is 2.22.